The van der Waals surface area contributed by atoms with Crippen molar-refractivity contribution in [2.45, 2.75) is 36.6 Å². The van der Waals surface area contributed by atoms with Gasteiger partial charge < -0.3 is 14.2 Å². The summed E-state index contributed by atoms with van der Waals surface area (Å²) in [5, 5.41) is 10.4. The molecule has 3 atom stereocenters. The Kier molecular flexibility index (Phi) is 3.33. The van der Waals surface area contributed by atoms with Gasteiger partial charge >= 0.3 is 0 Å². The quantitative estimate of drug-likeness (QED) is 0.757. The molecule has 4 heteroatoms. The van der Waals surface area contributed by atoms with Gasteiger partial charge in [-0.05, 0) is 28.7 Å². The van der Waals surface area contributed by atoms with Crippen molar-refractivity contribution in [1.29, 1.82) is 5.26 Å². The van der Waals surface area contributed by atoms with Gasteiger partial charge in [0.1, 0.15) is 6.10 Å². The molecule has 1 saturated carbocycles. The van der Waals surface area contributed by atoms with E-state index < -0.39 is 11.2 Å². The maximum absolute atomic E-state index is 10.4. The standard InChI is InChI=1S/C24H21NO3/c25-15-23-8-9-24(27-10-11-28-24)20-14-26-21(22(20)23)13-18-12-17(6-7-19(18)23)16-4-2-1-3-5-16/h1-7,12,14,21-22H,8-11,13H2/t21-,22-,23-/m1/s1. The molecule has 2 aromatic rings. The highest BCUT2D eigenvalue weighted by atomic mass is 16.7. The summed E-state index contributed by atoms with van der Waals surface area (Å²) >= 11 is 0. The predicted molar refractivity (Wildman–Crippen MR) is 103 cm³/mol. The number of rotatable bonds is 1. The lowest BCUT2D eigenvalue weighted by Crippen LogP contribution is -2.54. The van der Waals surface area contributed by atoms with Crippen LogP contribution in [0.15, 0.2) is 60.4 Å². The fourth-order valence-corrected chi connectivity index (χ4v) is 5.73. The van der Waals surface area contributed by atoms with Crippen LogP contribution in [0.3, 0.4) is 0 Å². The second kappa shape index (κ2) is 5.70. The second-order valence-electron chi connectivity index (χ2n) is 8.20. The molecule has 0 amide bonds. The van der Waals surface area contributed by atoms with Gasteiger partial charge in [0.05, 0.1) is 31.0 Å². The molecule has 140 valence electrons. The van der Waals surface area contributed by atoms with Crippen LogP contribution in [0, 0.1) is 17.2 Å². The third kappa shape index (κ3) is 2.01. The number of hydrogen-bond acceptors (Lipinski definition) is 4. The lowest BCUT2D eigenvalue weighted by Gasteiger charge is -2.49. The minimum atomic E-state index is -0.679. The molecule has 2 aliphatic carbocycles. The molecular formula is C24H21NO3. The van der Waals surface area contributed by atoms with Crippen molar-refractivity contribution in [1.82, 2.24) is 0 Å². The lowest BCUT2D eigenvalue weighted by molar-refractivity contribution is -0.154. The van der Waals surface area contributed by atoms with Crippen molar-refractivity contribution >= 4 is 0 Å². The zero-order valence-electron chi connectivity index (χ0n) is 15.6. The highest BCUT2D eigenvalue weighted by molar-refractivity contribution is 5.66. The first-order valence-corrected chi connectivity index (χ1v) is 10.00. The average molecular weight is 371 g/mol. The lowest BCUT2D eigenvalue weighted by atomic mass is 9.54. The van der Waals surface area contributed by atoms with Crippen molar-refractivity contribution in [3.8, 4) is 17.2 Å². The molecule has 6 rings (SSSR count). The van der Waals surface area contributed by atoms with Gasteiger partial charge in [-0.1, -0.05) is 48.5 Å². The van der Waals surface area contributed by atoms with Gasteiger partial charge in [0.25, 0.3) is 0 Å². The van der Waals surface area contributed by atoms with Crippen molar-refractivity contribution in [2.24, 2.45) is 5.92 Å². The Morgan fingerprint density at radius 1 is 0.964 bits per heavy atom. The Bertz CT molecular complexity index is 1020. The van der Waals surface area contributed by atoms with Crippen molar-refractivity contribution < 1.29 is 14.2 Å². The van der Waals surface area contributed by atoms with Crippen LogP contribution in [0.5, 0.6) is 0 Å². The fourth-order valence-electron chi connectivity index (χ4n) is 5.73. The maximum Gasteiger partial charge on any atom is 0.194 e. The molecule has 0 aromatic heterocycles. The van der Waals surface area contributed by atoms with E-state index in [1.807, 2.05) is 12.3 Å². The van der Waals surface area contributed by atoms with Gasteiger partial charge in [-0.15, -0.1) is 0 Å². The smallest absolute Gasteiger partial charge is 0.194 e. The Morgan fingerprint density at radius 3 is 2.57 bits per heavy atom. The monoisotopic (exact) mass is 371 g/mol. The number of fused-ring (bicyclic) bond motifs is 3. The SMILES string of the molecule is N#C[C@]12CCC3(OCCO3)C3=CO[C@H](Cc4cc(-c5ccccc5)ccc41)[C@@H]32. The summed E-state index contributed by atoms with van der Waals surface area (Å²) in [6.07, 6.45) is 4.02. The van der Waals surface area contributed by atoms with Crippen LogP contribution in [0.4, 0.5) is 0 Å². The van der Waals surface area contributed by atoms with E-state index in [1.54, 1.807) is 0 Å². The molecular weight excluding hydrogens is 350 g/mol. The third-order valence-electron chi connectivity index (χ3n) is 6.96. The molecule has 0 bridgehead atoms. The van der Waals surface area contributed by atoms with E-state index in [1.165, 1.54) is 16.7 Å². The Hall–Kier alpha value is -2.61. The number of ether oxygens (including phenoxy) is 3. The van der Waals surface area contributed by atoms with Crippen LogP contribution in [-0.2, 0) is 26.0 Å². The van der Waals surface area contributed by atoms with E-state index in [2.05, 4.69) is 48.5 Å². The van der Waals surface area contributed by atoms with Crippen molar-refractivity contribution in [2.75, 3.05) is 13.2 Å². The van der Waals surface area contributed by atoms with Crippen LogP contribution in [0.2, 0.25) is 0 Å². The summed E-state index contributed by atoms with van der Waals surface area (Å²) in [5.41, 5.74) is 5.21. The van der Waals surface area contributed by atoms with Crippen LogP contribution in [-0.4, -0.2) is 25.1 Å². The Balaban J connectivity index is 1.47. The predicted octanol–water partition coefficient (Wildman–Crippen LogP) is 4.11. The number of benzene rings is 2. The molecule has 28 heavy (non-hydrogen) atoms. The first kappa shape index (κ1) is 16.4. The molecule has 1 saturated heterocycles. The van der Waals surface area contributed by atoms with E-state index in [0.717, 1.165) is 24.0 Å². The third-order valence-corrected chi connectivity index (χ3v) is 6.96. The van der Waals surface area contributed by atoms with E-state index in [-0.39, 0.29) is 12.0 Å². The van der Waals surface area contributed by atoms with E-state index >= 15 is 0 Å². The highest BCUT2D eigenvalue weighted by Gasteiger charge is 2.63. The van der Waals surface area contributed by atoms with Gasteiger partial charge in [0.15, 0.2) is 5.79 Å². The first-order chi connectivity index (χ1) is 13.8. The second-order valence-corrected chi connectivity index (χ2v) is 8.20. The van der Waals surface area contributed by atoms with Gasteiger partial charge in [-0.3, -0.25) is 0 Å². The van der Waals surface area contributed by atoms with Gasteiger partial charge in [-0.25, -0.2) is 0 Å². The largest absolute Gasteiger partial charge is 0.497 e. The molecule has 2 aromatic carbocycles. The van der Waals surface area contributed by atoms with Crippen LogP contribution < -0.4 is 0 Å². The fraction of sp³-hybridized carbons (Fsp3) is 0.375. The minimum Gasteiger partial charge on any atom is -0.497 e. The molecule has 1 spiro atoms. The summed E-state index contributed by atoms with van der Waals surface area (Å²) in [6.45, 7) is 1.20. The average Bonchev–Trinajstić information content (AvgIpc) is 3.39. The minimum absolute atomic E-state index is 0.000532. The summed E-state index contributed by atoms with van der Waals surface area (Å²) < 4.78 is 18.2. The number of nitrogens with zero attached hydrogens (tertiary/aromatic N) is 1. The topological polar surface area (TPSA) is 51.5 Å². The zero-order valence-corrected chi connectivity index (χ0v) is 15.6. The normalized spacial score (nSPS) is 31.5. The van der Waals surface area contributed by atoms with Crippen LogP contribution >= 0.6 is 0 Å². The van der Waals surface area contributed by atoms with Crippen LogP contribution in [0.25, 0.3) is 11.1 Å². The molecule has 4 aliphatic rings. The molecule has 0 radical (unpaired) electrons. The van der Waals surface area contributed by atoms with Crippen LogP contribution in [0.1, 0.15) is 24.0 Å². The molecule has 4 nitrogen and oxygen atoms in total. The van der Waals surface area contributed by atoms with E-state index in [4.69, 9.17) is 14.2 Å². The summed E-state index contributed by atoms with van der Waals surface area (Å²) in [7, 11) is 0. The van der Waals surface area contributed by atoms with Gasteiger partial charge in [0.2, 0.25) is 0 Å². The van der Waals surface area contributed by atoms with Crippen molar-refractivity contribution in [3.05, 3.63) is 71.5 Å². The molecule has 2 aliphatic heterocycles. The maximum atomic E-state index is 10.4. The summed E-state index contributed by atoms with van der Waals surface area (Å²) in [4.78, 5) is 0. The number of nitriles is 1. The molecule has 0 unspecified atom stereocenters. The highest BCUT2D eigenvalue weighted by Crippen LogP contribution is 2.59. The van der Waals surface area contributed by atoms with Crippen molar-refractivity contribution in [3.63, 3.8) is 0 Å². The zero-order chi connectivity index (χ0) is 18.8. The Morgan fingerprint density at radius 2 is 1.79 bits per heavy atom. The molecule has 2 heterocycles. The van der Waals surface area contributed by atoms with E-state index in [0.29, 0.717) is 19.6 Å². The molecule has 0 N–H and O–H groups in total. The first-order valence-electron chi connectivity index (χ1n) is 10.00. The van der Waals surface area contributed by atoms with Gasteiger partial charge in [0, 0.05) is 24.3 Å². The summed E-state index contributed by atoms with van der Waals surface area (Å²) in [5.74, 6) is -0.680. The number of hydrogen-bond donors (Lipinski definition) is 0. The Labute approximate surface area is 164 Å². The van der Waals surface area contributed by atoms with Gasteiger partial charge in [-0.2, -0.15) is 5.26 Å². The van der Waals surface area contributed by atoms with E-state index in [9.17, 15) is 5.26 Å². The summed E-state index contributed by atoms with van der Waals surface area (Å²) in [6, 6.07) is 19.7. The molecule has 2 fully saturated rings.